The highest BCUT2D eigenvalue weighted by Gasteiger charge is 2.10. The molecule has 1 amide bonds. The number of carbonyl (C=O) groups is 1. The van der Waals surface area contributed by atoms with Crippen LogP contribution in [0.2, 0.25) is 0 Å². The molecule has 1 aromatic carbocycles. The maximum Gasteiger partial charge on any atom is 0.274 e. The Morgan fingerprint density at radius 3 is 2.83 bits per heavy atom. The minimum Gasteiger partial charge on any atom is -0.385 e. The van der Waals surface area contributed by atoms with Crippen LogP contribution in [0.5, 0.6) is 0 Å². The van der Waals surface area contributed by atoms with Gasteiger partial charge in [-0.2, -0.15) is 0 Å². The molecule has 0 spiro atoms. The molecule has 23 heavy (non-hydrogen) atoms. The molecule has 0 unspecified atom stereocenters. The predicted molar refractivity (Wildman–Crippen MR) is 90.9 cm³/mol. The summed E-state index contributed by atoms with van der Waals surface area (Å²) in [5, 5.41) is 5.96. The van der Waals surface area contributed by atoms with Crippen LogP contribution in [0.1, 0.15) is 28.0 Å². The number of rotatable bonds is 7. The molecule has 1 heterocycles. The highest BCUT2D eigenvalue weighted by Crippen LogP contribution is 2.16. The van der Waals surface area contributed by atoms with Gasteiger partial charge in [-0.1, -0.05) is 17.7 Å². The fraction of sp³-hybridized carbons (Fsp3) is 0.353. The molecule has 0 saturated carbocycles. The van der Waals surface area contributed by atoms with Crippen LogP contribution in [0.25, 0.3) is 0 Å². The van der Waals surface area contributed by atoms with E-state index in [1.54, 1.807) is 19.4 Å². The van der Waals surface area contributed by atoms with Crippen molar-refractivity contribution in [2.24, 2.45) is 0 Å². The molecule has 2 rings (SSSR count). The predicted octanol–water partition coefficient (Wildman–Crippen LogP) is 2.79. The average Bonchev–Trinajstić information content (AvgIpc) is 2.54. The standard InChI is InChI=1S/C17H22N4O2/c1-12-5-6-14(13(2)11-12)20-16(22)15-7-9-19-17(21-15)18-8-4-10-23-3/h5-7,9,11H,4,8,10H2,1-3H3,(H,20,22)(H,18,19,21). The molecule has 0 atom stereocenters. The number of aromatic nitrogens is 2. The quantitative estimate of drug-likeness (QED) is 0.769. The van der Waals surface area contributed by atoms with Crippen LogP contribution in [0.15, 0.2) is 30.5 Å². The first-order chi connectivity index (χ1) is 11.1. The monoisotopic (exact) mass is 314 g/mol. The number of benzene rings is 1. The summed E-state index contributed by atoms with van der Waals surface area (Å²) in [7, 11) is 1.66. The topological polar surface area (TPSA) is 76.1 Å². The fourth-order valence-corrected chi connectivity index (χ4v) is 2.13. The number of carbonyl (C=O) groups excluding carboxylic acids is 1. The molecule has 1 aromatic heterocycles. The first-order valence-electron chi connectivity index (χ1n) is 7.54. The van der Waals surface area contributed by atoms with Gasteiger partial charge in [-0.15, -0.1) is 0 Å². The zero-order chi connectivity index (χ0) is 16.7. The van der Waals surface area contributed by atoms with Crippen molar-refractivity contribution in [1.29, 1.82) is 0 Å². The highest BCUT2D eigenvalue weighted by molar-refractivity contribution is 6.03. The van der Waals surface area contributed by atoms with E-state index in [0.717, 1.165) is 23.2 Å². The molecule has 0 aliphatic carbocycles. The minimum atomic E-state index is -0.251. The van der Waals surface area contributed by atoms with E-state index in [9.17, 15) is 4.79 Å². The number of amides is 1. The second-order valence-corrected chi connectivity index (χ2v) is 5.31. The van der Waals surface area contributed by atoms with Crippen LogP contribution in [-0.4, -0.2) is 36.1 Å². The molecule has 122 valence electrons. The minimum absolute atomic E-state index is 0.251. The van der Waals surface area contributed by atoms with Crippen LogP contribution < -0.4 is 10.6 Å². The Morgan fingerprint density at radius 2 is 2.09 bits per heavy atom. The second-order valence-electron chi connectivity index (χ2n) is 5.31. The van der Waals surface area contributed by atoms with E-state index in [1.165, 1.54) is 0 Å². The Labute approximate surface area is 136 Å². The smallest absolute Gasteiger partial charge is 0.274 e. The number of hydrogen-bond donors (Lipinski definition) is 2. The van der Waals surface area contributed by atoms with Crippen molar-refractivity contribution in [2.45, 2.75) is 20.3 Å². The summed E-state index contributed by atoms with van der Waals surface area (Å²) in [4.78, 5) is 20.7. The SMILES string of the molecule is COCCCNc1nccc(C(=O)Nc2ccc(C)cc2C)n1. The normalized spacial score (nSPS) is 10.4. The summed E-state index contributed by atoms with van der Waals surface area (Å²) in [5.41, 5.74) is 3.29. The van der Waals surface area contributed by atoms with Crippen LogP contribution in [-0.2, 0) is 4.74 Å². The zero-order valence-corrected chi connectivity index (χ0v) is 13.7. The van der Waals surface area contributed by atoms with E-state index in [-0.39, 0.29) is 5.91 Å². The van der Waals surface area contributed by atoms with Crippen LogP contribution in [0.3, 0.4) is 0 Å². The second kappa shape index (κ2) is 8.24. The largest absolute Gasteiger partial charge is 0.385 e. The van der Waals surface area contributed by atoms with Crippen molar-refractivity contribution in [3.63, 3.8) is 0 Å². The van der Waals surface area contributed by atoms with Gasteiger partial charge >= 0.3 is 0 Å². The van der Waals surface area contributed by atoms with E-state index < -0.39 is 0 Å². The van der Waals surface area contributed by atoms with Crippen LogP contribution >= 0.6 is 0 Å². The Morgan fingerprint density at radius 1 is 1.26 bits per heavy atom. The maximum absolute atomic E-state index is 12.3. The lowest BCUT2D eigenvalue weighted by atomic mass is 10.1. The Bertz CT molecular complexity index is 673. The number of anilines is 2. The number of methoxy groups -OCH3 is 1. The van der Waals surface area contributed by atoms with E-state index >= 15 is 0 Å². The van der Waals surface area contributed by atoms with Gasteiger partial charge in [0.05, 0.1) is 0 Å². The average molecular weight is 314 g/mol. The molecule has 2 N–H and O–H groups in total. The molecule has 2 aromatic rings. The van der Waals surface area contributed by atoms with Crippen molar-refractivity contribution in [1.82, 2.24) is 9.97 Å². The molecule has 6 heteroatoms. The number of aryl methyl sites for hydroxylation is 2. The highest BCUT2D eigenvalue weighted by atomic mass is 16.5. The molecule has 0 aliphatic rings. The number of nitrogens with one attached hydrogen (secondary N) is 2. The summed E-state index contributed by atoms with van der Waals surface area (Å²) in [5.74, 6) is 0.189. The molecular weight excluding hydrogens is 292 g/mol. The van der Waals surface area contributed by atoms with Crippen molar-refractivity contribution in [2.75, 3.05) is 30.9 Å². The van der Waals surface area contributed by atoms with Crippen LogP contribution in [0, 0.1) is 13.8 Å². The Balaban J connectivity index is 2.01. The fourth-order valence-electron chi connectivity index (χ4n) is 2.13. The lowest BCUT2D eigenvalue weighted by Gasteiger charge is -2.09. The van der Waals surface area contributed by atoms with Gasteiger partial charge in [0.25, 0.3) is 5.91 Å². The van der Waals surface area contributed by atoms with Gasteiger partial charge in [0.1, 0.15) is 5.69 Å². The third-order valence-corrected chi connectivity index (χ3v) is 3.33. The molecule has 0 fully saturated rings. The number of ether oxygens (including phenoxy) is 1. The third kappa shape index (κ3) is 5.03. The molecule has 6 nitrogen and oxygen atoms in total. The van der Waals surface area contributed by atoms with Crippen molar-refractivity contribution in [3.8, 4) is 0 Å². The first-order valence-corrected chi connectivity index (χ1v) is 7.54. The first kappa shape index (κ1) is 16.9. The maximum atomic E-state index is 12.3. The van der Waals surface area contributed by atoms with Gasteiger partial charge in [0.2, 0.25) is 5.95 Å². The van der Waals surface area contributed by atoms with E-state index in [0.29, 0.717) is 24.8 Å². The van der Waals surface area contributed by atoms with Gasteiger partial charge in [-0.25, -0.2) is 9.97 Å². The molecular formula is C17H22N4O2. The van der Waals surface area contributed by atoms with Gasteiger partial charge < -0.3 is 15.4 Å². The summed E-state index contributed by atoms with van der Waals surface area (Å²) >= 11 is 0. The van der Waals surface area contributed by atoms with Crippen molar-refractivity contribution in [3.05, 3.63) is 47.3 Å². The number of nitrogens with zero attached hydrogens (tertiary/aromatic N) is 2. The van der Waals surface area contributed by atoms with E-state index in [1.807, 2.05) is 32.0 Å². The van der Waals surface area contributed by atoms with E-state index in [4.69, 9.17) is 4.74 Å². The van der Waals surface area contributed by atoms with Gasteiger partial charge in [-0.3, -0.25) is 4.79 Å². The van der Waals surface area contributed by atoms with Crippen molar-refractivity contribution >= 4 is 17.5 Å². The van der Waals surface area contributed by atoms with Gasteiger partial charge in [0, 0.05) is 32.1 Å². The summed E-state index contributed by atoms with van der Waals surface area (Å²) in [6.07, 6.45) is 2.42. The van der Waals surface area contributed by atoms with Crippen LogP contribution in [0.4, 0.5) is 11.6 Å². The lowest BCUT2D eigenvalue weighted by molar-refractivity contribution is 0.102. The Kier molecular flexibility index (Phi) is 6.05. The Hall–Kier alpha value is -2.47. The van der Waals surface area contributed by atoms with Crippen molar-refractivity contribution < 1.29 is 9.53 Å². The lowest BCUT2D eigenvalue weighted by Crippen LogP contribution is -2.16. The summed E-state index contributed by atoms with van der Waals surface area (Å²) in [6, 6.07) is 7.48. The summed E-state index contributed by atoms with van der Waals surface area (Å²) < 4.78 is 4.98. The summed E-state index contributed by atoms with van der Waals surface area (Å²) in [6.45, 7) is 5.34. The molecule has 0 aliphatic heterocycles. The molecule has 0 saturated heterocycles. The van der Waals surface area contributed by atoms with E-state index in [2.05, 4.69) is 20.6 Å². The number of hydrogen-bond acceptors (Lipinski definition) is 5. The van der Waals surface area contributed by atoms with Gasteiger partial charge in [0.15, 0.2) is 0 Å². The molecule has 0 bridgehead atoms. The third-order valence-electron chi connectivity index (χ3n) is 3.33. The van der Waals surface area contributed by atoms with Gasteiger partial charge in [-0.05, 0) is 38.0 Å². The zero-order valence-electron chi connectivity index (χ0n) is 13.7. The molecule has 0 radical (unpaired) electrons.